The molecule has 2 N–H and O–H groups in total. The van der Waals surface area contributed by atoms with Gasteiger partial charge >= 0.3 is 0 Å². The number of hydrogen-bond acceptors (Lipinski definition) is 5. The smallest absolute Gasteiger partial charge is 0.191 e. The number of ether oxygens (including phenoxy) is 1. The van der Waals surface area contributed by atoms with E-state index in [0.717, 1.165) is 50.1 Å². The zero-order valence-corrected chi connectivity index (χ0v) is 17.2. The van der Waals surface area contributed by atoms with Crippen molar-refractivity contribution in [2.75, 3.05) is 39.9 Å². The predicted octanol–water partition coefficient (Wildman–Crippen LogP) is 2.58. The van der Waals surface area contributed by atoms with Crippen molar-refractivity contribution in [1.29, 1.82) is 0 Å². The molecule has 146 valence electrons. The summed E-state index contributed by atoms with van der Waals surface area (Å²) < 4.78 is 5.64. The van der Waals surface area contributed by atoms with Crippen LogP contribution in [-0.2, 0) is 11.3 Å². The van der Waals surface area contributed by atoms with Gasteiger partial charge in [0.1, 0.15) is 5.01 Å². The van der Waals surface area contributed by atoms with Gasteiger partial charge in [-0.1, -0.05) is 13.8 Å². The van der Waals surface area contributed by atoms with Gasteiger partial charge in [-0.05, 0) is 44.7 Å². The molecule has 2 saturated heterocycles. The lowest BCUT2D eigenvalue weighted by Gasteiger charge is -2.45. The highest BCUT2D eigenvalue weighted by Crippen LogP contribution is 2.30. The van der Waals surface area contributed by atoms with Gasteiger partial charge in [0.05, 0.1) is 12.2 Å². The SMILES string of the molecule is CN=C(NCc1nc(C(C)C)cs1)NCC1(N2CCCC2)CCOCC1. The van der Waals surface area contributed by atoms with E-state index >= 15 is 0 Å². The molecule has 0 bridgehead atoms. The number of thiazole rings is 1. The third-order valence-corrected chi connectivity index (χ3v) is 6.44. The quantitative estimate of drug-likeness (QED) is 0.588. The first-order chi connectivity index (χ1) is 12.6. The minimum absolute atomic E-state index is 0.207. The van der Waals surface area contributed by atoms with Gasteiger partial charge in [0.15, 0.2) is 5.96 Å². The predicted molar refractivity (Wildman–Crippen MR) is 108 cm³/mol. The van der Waals surface area contributed by atoms with Gasteiger partial charge < -0.3 is 15.4 Å². The summed E-state index contributed by atoms with van der Waals surface area (Å²) in [4.78, 5) is 11.8. The molecular formula is C19H33N5OS. The van der Waals surface area contributed by atoms with E-state index in [4.69, 9.17) is 9.72 Å². The minimum Gasteiger partial charge on any atom is -0.381 e. The topological polar surface area (TPSA) is 61.8 Å². The van der Waals surface area contributed by atoms with Crippen LogP contribution in [-0.4, -0.2) is 61.3 Å². The first kappa shape index (κ1) is 19.6. The maximum atomic E-state index is 5.64. The number of nitrogens with zero attached hydrogens (tertiary/aromatic N) is 3. The Morgan fingerprint density at radius 1 is 1.31 bits per heavy atom. The van der Waals surface area contributed by atoms with Crippen LogP contribution in [0.25, 0.3) is 0 Å². The van der Waals surface area contributed by atoms with Gasteiger partial charge in [-0.25, -0.2) is 4.98 Å². The summed E-state index contributed by atoms with van der Waals surface area (Å²) in [5, 5.41) is 10.3. The van der Waals surface area contributed by atoms with Crippen LogP contribution in [0.4, 0.5) is 0 Å². The van der Waals surface area contributed by atoms with E-state index in [0.29, 0.717) is 5.92 Å². The van der Waals surface area contributed by atoms with Crippen LogP contribution >= 0.6 is 11.3 Å². The normalized spacial score (nSPS) is 21.3. The Balaban J connectivity index is 1.54. The Morgan fingerprint density at radius 3 is 2.65 bits per heavy atom. The van der Waals surface area contributed by atoms with Crippen molar-refractivity contribution >= 4 is 17.3 Å². The average molecular weight is 380 g/mol. The third-order valence-electron chi connectivity index (χ3n) is 5.58. The maximum absolute atomic E-state index is 5.64. The van der Waals surface area contributed by atoms with E-state index < -0.39 is 0 Å². The first-order valence-corrected chi connectivity index (χ1v) is 10.7. The summed E-state index contributed by atoms with van der Waals surface area (Å²) in [5.41, 5.74) is 1.38. The molecule has 0 aromatic carbocycles. The highest BCUT2D eigenvalue weighted by molar-refractivity contribution is 7.09. The van der Waals surface area contributed by atoms with Crippen molar-refractivity contribution in [1.82, 2.24) is 20.5 Å². The molecule has 0 unspecified atom stereocenters. The zero-order chi connectivity index (χ0) is 18.4. The fourth-order valence-electron chi connectivity index (χ4n) is 3.85. The number of likely N-dealkylation sites (tertiary alicyclic amines) is 1. The van der Waals surface area contributed by atoms with Crippen LogP contribution < -0.4 is 10.6 Å². The van der Waals surface area contributed by atoms with Crippen molar-refractivity contribution in [2.24, 2.45) is 4.99 Å². The van der Waals surface area contributed by atoms with Gasteiger partial charge in [0.2, 0.25) is 0 Å². The summed E-state index contributed by atoms with van der Waals surface area (Å²) in [6.07, 6.45) is 4.83. The molecular weight excluding hydrogens is 346 g/mol. The van der Waals surface area contributed by atoms with Crippen LogP contribution in [0.3, 0.4) is 0 Å². The molecule has 0 atom stereocenters. The molecule has 1 aromatic heterocycles. The Bertz CT molecular complexity index is 589. The Labute approximate surface area is 161 Å². The van der Waals surface area contributed by atoms with Crippen LogP contribution in [0.2, 0.25) is 0 Å². The highest BCUT2D eigenvalue weighted by atomic mass is 32.1. The number of nitrogens with one attached hydrogen (secondary N) is 2. The number of guanidine groups is 1. The fraction of sp³-hybridized carbons (Fsp3) is 0.789. The molecule has 6 nitrogen and oxygen atoms in total. The van der Waals surface area contributed by atoms with Gasteiger partial charge in [-0.3, -0.25) is 9.89 Å². The molecule has 7 heteroatoms. The van der Waals surface area contributed by atoms with Crippen molar-refractivity contribution in [3.05, 3.63) is 16.1 Å². The molecule has 2 aliphatic heterocycles. The maximum Gasteiger partial charge on any atom is 0.191 e. The summed E-state index contributed by atoms with van der Waals surface area (Å²) in [5.74, 6) is 1.34. The molecule has 0 saturated carbocycles. The molecule has 26 heavy (non-hydrogen) atoms. The summed E-state index contributed by atoms with van der Waals surface area (Å²) in [6, 6.07) is 0. The van der Waals surface area contributed by atoms with Gasteiger partial charge in [-0.15, -0.1) is 11.3 Å². The zero-order valence-electron chi connectivity index (χ0n) is 16.4. The van der Waals surface area contributed by atoms with E-state index in [2.05, 4.69) is 39.8 Å². The molecule has 3 heterocycles. The second kappa shape index (κ2) is 9.15. The standard InChI is InChI=1S/C19H33N5OS/c1-15(2)16-13-26-17(23-16)12-21-18(20-3)22-14-19(6-10-25-11-7-19)24-8-4-5-9-24/h13,15H,4-12,14H2,1-3H3,(H2,20,21,22). The molecule has 0 spiro atoms. The van der Waals surface area contributed by atoms with Crippen LogP contribution in [0.1, 0.15) is 56.2 Å². The molecule has 0 amide bonds. The van der Waals surface area contributed by atoms with Crippen molar-refractivity contribution < 1.29 is 4.74 Å². The van der Waals surface area contributed by atoms with E-state index in [1.165, 1.54) is 31.6 Å². The monoisotopic (exact) mass is 379 g/mol. The molecule has 2 aliphatic rings. The van der Waals surface area contributed by atoms with Gasteiger partial charge in [-0.2, -0.15) is 0 Å². The summed E-state index contributed by atoms with van der Waals surface area (Å²) >= 11 is 1.72. The van der Waals surface area contributed by atoms with Crippen LogP contribution in [0.5, 0.6) is 0 Å². The van der Waals surface area contributed by atoms with E-state index in [1.807, 2.05) is 7.05 Å². The van der Waals surface area contributed by atoms with E-state index in [9.17, 15) is 0 Å². The Kier molecular flexibility index (Phi) is 6.89. The van der Waals surface area contributed by atoms with Gasteiger partial charge in [0, 0.05) is 37.7 Å². The number of aromatic nitrogens is 1. The largest absolute Gasteiger partial charge is 0.381 e. The van der Waals surface area contributed by atoms with Crippen LogP contribution in [0, 0.1) is 0 Å². The molecule has 0 radical (unpaired) electrons. The molecule has 2 fully saturated rings. The van der Waals surface area contributed by atoms with Gasteiger partial charge in [0.25, 0.3) is 0 Å². The number of hydrogen-bond donors (Lipinski definition) is 2. The average Bonchev–Trinajstić information content (AvgIpc) is 3.35. The van der Waals surface area contributed by atoms with E-state index in [-0.39, 0.29) is 5.54 Å². The van der Waals surface area contributed by atoms with Crippen molar-refractivity contribution in [3.8, 4) is 0 Å². The minimum atomic E-state index is 0.207. The summed E-state index contributed by atoms with van der Waals surface area (Å²) in [6.45, 7) is 10.1. The van der Waals surface area contributed by atoms with E-state index in [1.54, 1.807) is 11.3 Å². The first-order valence-electron chi connectivity index (χ1n) is 9.84. The molecule has 1 aromatic rings. The number of rotatable bonds is 6. The van der Waals surface area contributed by atoms with Crippen molar-refractivity contribution in [3.63, 3.8) is 0 Å². The fourth-order valence-corrected chi connectivity index (χ4v) is 4.74. The highest BCUT2D eigenvalue weighted by Gasteiger charge is 2.39. The Morgan fingerprint density at radius 2 is 2.04 bits per heavy atom. The second-order valence-corrected chi connectivity index (χ2v) is 8.57. The lowest BCUT2D eigenvalue weighted by Crippen LogP contribution is -2.58. The lowest BCUT2D eigenvalue weighted by atomic mass is 9.88. The Hall–Kier alpha value is -1.18. The lowest BCUT2D eigenvalue weighted by molar-refractivity contribution is -0.0164. The summed E-state index contributed by atoms with van der Waals surface area (Å²) in [7, 11) is 1.84. The van der Waals surface area contributed by atoms with Crippen LogP contribution in [0.15, 0.2) is 10.4 Å². The third kappa shape index (κ3) is 4.75. The second-order valence-electron chi connectivity index (χ2n) is 7.63. The molecule has 0 aliphatic carbocycles. The van der Waals surface area contributed by atoms with Crippen molar-refractivity contribution in [2.45, 2.75) is 57.5 Å². The number of aliphatic imine (C=N–C) groups is 1. The molecule has 3 rings (SSSR count).